The van der Waals surface area contributed by atoms with Crippen molar-refractivity contribution in [1.82, 2.24) is 0 Å². The van der Waals surface area contributed by atoms with Crippen LogP contribution in [0.1, 0.15) is 12.5 Å². The Balaban J connectivity index is 3.25. The van der Waals surface area contributed by atoms with Gasteiger partial charge in [0.1, 0.15) is 11.5 Å². The Morgan fingerprint density at radius 2 is 2.00 bits per heavy atom. The summed E-state index contributed by atoms with van der Waals surface area (Å²) in [4.78, 5) is 0. The molecule has 1 rings (SSSR count). The normalized spacial score (nSPS) is 10.0. The summed E-state index contributed by atoms with van der Waals surface area (Å²) in [5.41, 5.74) is 0.822. The number of benzene rings is 1. The minimum absolute atomic E-state index is 0.0755. The second-order valence-electron chi connectivity index (χ2n) is 2.28. The zero-order valence-electron chi connectivity index (χ0n) is 6.13. The molecule has 0 fully saturated rings. The molecule has 0 aliphatic heterocycles. The Hall–Kier alpha value is -0.700. The summed E-state index contributed by atoms with van der Waals surface area (Å²) in [6.45, 7) is 1.94. The highest BCUT2D eigenvalue weighted by molar-refractivity contribution is 9.10. The molecule has 0 amide bonds. The fourth-order valence-electron chi connectivity index (χ4n) is 0.958. The van der Waals surface area contributed by atoms with E-state index < -0.39 is 0 Å². The third-order valence-corrected chi connectivity index (χ3v) is 2.22. The summed E-state index contributed by atoms with van der Waals surface area (Å²) in [5.74, 6) is 0.214. The molecule has 3 heteroatoms. The van der Waals surface area contributed by atoms with Crippen LogP contribution in [-0.2, 0) is 6.42 Å². The first-order valence-corrected chi connectivity index (χ1v) is 4.14. The number of phenols is 2. The molecule has 0 aromatic heterocycles. The fraction of sp³-hybridized carbons (Fsp3) is 0.250. The standard InChI is InChI=1S/C8H9BrO2/c1-2-6-7(9)3-5(10)4-8(6)11/h3-4,10-11H,2H2,1H3. The Morgan fingerprint density at radius 1 is 1.36 bits per heavy atom. The predicted molar refractivity (Wildman–Crippen MR) is 46.8 cm³/mol. The Bertz CT molecular complexity index is 248. The molecule has 0 atom stereocenters. The summed E-state index contributed by atoms with van der Waals surface area (Å²) in [5, 5.41) is 18.3. The average molecular weight is 217 g/mol. The smallest absolute Gasteiger partial charge is 0.123 e. The van der Waals surface area contributed by atoms with Gasteiger partial charge in [-0.2, -0.15) is 0 Å². The van der Waals surface area contributed by atoms with Gasteiger partial charge in [0.2, 0.25) is 0 Å². The van der Waals surface area contributed by atoms with Gasteiger partial charge in [0.25, 0.3) is 0 Å². The molecule has 60 valence electrons. The summed E-state index contributed by atoms with van der Waals surface area (Å²) < 4.78 is 0.748. The molecule has 0 spiro atoms. The molecule has 1 aromatic carbocycles. The fourth-order valence-corrected chi connectivity index (χ4v) is 1.68. The minimum Gasteiger partial charge on any atom is -0.508 e. The van der Waals surface area contributed by atoms with Gasteiger partial charge in [0.05, 0.1) is 0 Å². The molecule has 2 nitrogen and oxygen atoms in total. The number of phenolic OH excluding ortho intramolecular Hbond substituents is 2. The topological polar surface area (TPSA) is 40.5 Å². The van der Waals surface area contributed by atoms with Gasteiger partial charge in [-0.25, -0.2) is 0 Å². The van der Waals surface area contributed by atoms with Crippen LogP contribution in [0.25, 0.3) is 0 Å². The molecule has 0 heterocycles. The first-order valence-electron chi connectivity index (χ1n) is 3.35. The Kier molecular flexibility index (Phi) is 2.39. The van der Waals surface area contributed by atoms with Crippen LogP contribution in [0.15, 0.2) is 16.6 Å². The van der Waals surface area contributed by atoms with Crippen molar-refractivity contribution in [3.05, 3.63) is 22.2 Å². The van der Waals surface area contributed by atoms with Crippen molar-refractivity contribution in [2.24, 2.45) is 0 Å². The molecule has 0 bridgehead atoms. The third kappa shape index (κ3) is 1.66. The van der Waals surface area contributed by atoms with E-state index in [1.165, 1.54) is 6.07 Å². The quantitative estimate of drug-likeness (QED) is 0.758. The molecule has 0 radical (unpaired) electrons. The summed E-state index contributed by atoms with van der Waals surface area (Å²) in [7, 11) is 0. The first kappa shape index (κ1) is 8.40. The van der Waals surface area contributed by atoms with Gasteiger partial charge in [-0.15, -0.1) is 0 Å². The average Bonchev–Trinajstić information content (AvgIpc) is 1.85. The maximum Gasteiger partial charge on any atom is 0.123 e. The molecule has 0 saturated heterocycles. The maximum absolute atomic E-state index is 9.28. The van der Waals surface area contributed by atoms with Crippen LogP contribution >= 0.6 is 15.9 Å². The van der Waals surface area contributed by atoms with Crippen LogP contribution in [0.3, 0.4) is 0 Å². The summed E-state index contributed by atoms with van der Waals surface area (Å²) >= 11 is 3.24. The van der Waals surface area contributed by atoms with Gasteiger partial charge < -0.3 is 10.2 Å². The molecule has 11 heavy (non-hydrogen) atoms. The van der Waals surface area contributed by atoms with Gasteiger partial charge >= 0.3 is 0 Å². The van der Waals surface area contributed by atoms with Crippen LogP contribution < -0.4 is 0 Å². The van der Waals surface area contributed by atoms with Crippen LogP contribution in [0.5, 0.6) is 11.5 Å². The monoisotopic (exact) mass is 216 g/mol. The maximum atomic E-state index is 9.28. The second-order valence-corrected chi connectivity index (χ2v) is 3.13. The summed E-state index contributed by atoms with van der Waals surface area (Å²) in [6, 6.07) is 2.90. The predicted octanol–water partition coefficient (Wildman–Crippen LogP) is 2.42. The highest BCUT2D eigenvalue weighted by Gasteiger charge is 2.05. The minimum atomic E-state index is 0.0755. The lowest BCUT2D eigenvalue weighted by Gasteiger charge is -2.04. The lowest BCUT2D eigenvalue weighted by molar-refractivity contribution is 0.445. The van der Waals surface area contributed by atoms with Crippen LogP contribution in [0.2, 0.25) is 0 Å². The molecule has 2 N–H and O–H groups in total. The molecular formula is C8H9BrO2. The summed E-state index contributed by atoms with van der Waals surface area (Å²) in [6.07, 6.45) is 0.743. The van der Waals surface area contributed by atoms with Crippen LogP contribution in [0, 0.1) is 0 Å². The number of rotatable bonds is 1. The van der Waals surface area contributed by atoms with Crippen molar-refractivity contribution >= 4 is 15.9 Å². The molecule has 1 aromatic rings. The largest absolute Gasteiger partial charge is 0.508 e. The van der Waals surface area contributed by atoms with Crippen LogP contribution in [0.4, 0.5) is 0 Å². The highest BCUT2D eigenvalue weighted by Crippen LogP contribution is 2.30. The van der Waals surface area contributed by atoms with E-state index in [-0.39, 0.29) is 11.5 Å². The van der Waals surface area contributed by atoms with Gasteiger partial charge in [-0.1, -0.05) is 22.9 Å². The molecule has 0 aliphatic rings. The Morgan fingerprint density at radius 3 is 2.45 bits per heavy atom. The van der Waals surface area contributed by atoms with Crippen molar-refractivity contribution in [1.29, 1.82) is 0 Å². The van der Waals surface area contributed by atoms with Crippen molar-refractivity contribution in [3.63, 3.8) is 0 Å². The molecule has 0 unspecified atom stereocenters. The number of halogens is 1. The first-order chi connectivity index (χ1) is 5.15. The number of hydrogen-bond donors (Lipinski definition) is 2. The van der Waals surface area contributed by atoms with E-state index in [4.69, 9.17) is 5.11 Å². The van der Waals surface area contributed by atoms with Gasteiger partial charge in [0.15, 0.2) is 0 Å². The zero-order chi connectivity index (χ0) is 8.43. The molecular weight excluding hydrogens is 208 g/mol. The Labute approximate surface area is 73.6 Å². The van der Waals surface area contributed by atoms with Crippen molar-refractivity contribution in [2.75, 3.05) is 0 Å². The van der Waals surface area contributed by atoms with E-state index in [0.29, 0.717) is 0 Å². The third-order valence-electron chi connectivity index (χ3n) is 1.51. The van der Waals surface area contributed by atoms with E-state index in [1.54, 1.807) is 6.07 Å². The van der Waals surface area contributed by atoms with E-state index in [9.17, 15) is 5.11 Å². The SMILES string of the molecule is CCc1c(O)cc(O)cc1Br. The van der Waals surface area contributed by atoms with Crippen molar-refractivity contribution < 1.29 is 10.2 Å². The second kappa shape index (κ2) is 3.13. The lowest BCUT2D eigenvalue weighted by atomic mass is 10.1. The van der Waals surface area contributed by atoms with E-state index in [0.717, 1.165) is 16.5 Å². The molecule has 0 saturated carbocycles. The van der Waals surface area contributed by atoms with Crippen molar-refractivity contribution in [2.45, 2.75) is 13.3 Å². The highest BCUT2D eigenvalue weighted by atomic mass is 79.9. The van der Waals surface area contributed by atoms with Crippen molar-refractivity contribution in [3.8, 4) is 11.5 Å². The zero-order valence-corrected chi connectivity index (χ0v) is 7.72. The van der Waals surface area contributed by atoms with E-state index in [1.807, 2.05) is 6.92 Å². The molecule has 0 aliphatic carbocycles. The lowest BCUT2D eigenvalue weighted by Crippen LogP contribution is -1.83. The number of hydrogen-bond acceptors (Lipinski definition) is 2. The van der Waals surface area contributed by atoms with E-state index in [2.05, 4.69) is 15.9 Å². The van der Waals surface area contributed by atoms with Crippen LogP contribution in [-0.4, -0.2) is 10.2 Å². The van der Waals surface area contributed by atoms with E-state index >= 15 is 0 Å². The van der Waals surface area contributed by atoms with Gasteiger partial charge in [-0.3, -0.25) is 0 Å². The van der Waals surface area contributed by atoms with Gasteiger partial charge in [0, 0.05) is 16.1 Å². The van der Waals surface area contributed by atoms with Gasteiger partial charge in [-0.05, 0) is 12.5 Å². The number of aromatic hydroxyl groups is 2.